The number of para-hydroxylation sites is 1. The van der Waals surface area contributed by atoms with Crippen LogP contribution in [0.2, 0.25) is 0 Å². The lowest BCUT2D eigenvalue weighted by Gasteiger charge is -2.19. The number of carbonyl (C=O) groups excluding carboxylic acids is 4. The molecule has 8 heteroatoms. The Bertz CT molecular complexity index is 1360. The largest absolute Gasteiger partial charge is 0.457 e. The summed E-state index contributed by atoms with van der Waals surface area (Å²) in [4.78, 5) is 52.0. The molecule has 3 fully saturated rings. The standard InChI is InChI=1S/C30H26N2O6/c33-25(31-21-10-14-24(15-11-21)38-23-4-2-1-3-5-23)17-37-30(36)18-8-12-22(13-9-18)32-28(34)26-19-6-7-20(16-19)27(26)29(32)35/h1-5,8-15,19-20,26-27H,6-7,16-17H2,(H,31,33)/t19-,20-,26+,27+/m0/s1. The molecule has 1 heterocycles. The van der Waals surface area contributed by atoms with Crippen molar-refractivity contribution < 1.29 is 28.7 Å². The van der Waals surface area contributed by atoms with Gasteiger partial charge in [0.2, 0.25) is 11.8 Å². The number of nitrogens with zero attached hydrogens (tertiary/aromatic N) is 1. The number of esters is 1. The molecule has 2 saturated carbocycles. The van der Waals surface area contributed by atoms with E-state index in [1.807, 2.05) is 30.3 Å². The second kappa shape index (κ2) is 9.78. The monoisotopic (exact) mass is 510 g/mol. The maximum absolute atomic E-state index is 13.0. The van der Waals surface area contributed by atoms with Crippen LogP contribution in [0.4, 0.5) is 11.4 Å². The zero-order valence-electron chi connectivity index (χ0n) is 20.5. The van der Waals surface area contributed by atoms with Crippen LogP contribution in [0, 0.1) is 23.7 Å². The van der Waals surface area contributed by atoms with Gasteiger partial charge in [0.1, 0.15) is 11.5 Å². The Morgan fingerprint density at radius 1 is 0.789 bits per heavy atom. The zero-order chi connectivity index (χ0) is 26.2. The first-order valence-corrected chi connectivity index (χ1v) is 12.8. The lowest BCUT2D eigenvalue weighted by Crippen LogP contribution is -2.32. The number of hydrogen-bond donors (Lipinski definition) is 1. The van der Waals surface area contributed by atoms with Gasteiger partial charge in [-0.15, -0.1) is 0 Å². The average molecular weight is 511 g/mol. The minimum Gasteiger partial charge on any atom is -0.457 e. The molecule has 4 atom stereocenters. The molecule has 3 amide bonds. The summed E-state index contributed by atoms with van der Waals surface area (Å²) in [5.74, 6) is 0.147. The van der Waals surface area contributed by atoms with E-state index in [4.69, 9.17) is 9.47 Å². The van der Waals surface area contributed by atoms with Gasteiger partial charge in [0.25, 0.3) is 5.91 Å². The fourth-order valence-corrected chi connectivity index (χ4v) is 6.05. The van der Waals surface area contributed by atoms with Crippen molar-refractivity contribution >= 4 is 35.1 Å². The van der Waals surface area contributed by atoms with Crippen LogP contribution in [0.25, 0.3) is 0 Å². The maximum Gasteiger partial charge on any atom is 0.338 e. The summed E-state index contributed by atoms with van der Waals surface area (Å²) in [7, 11) is 0. The number of imide groups is 1. The van der Waals surface area contributed by atoms with Crippen molar-refractivity contribution in [3.8, 4) is 11.5 Å². The van der Waals surface area contributed by atoms with Crippen LogP contribution in [0.1, 0.15) is 29.6 Å². The van der Waals surface area contributed by atoms with Gasteiger partial charge in [-0.2, -0.15) is 0 Å². The smallest absolute Gasteiger partial charge is 0.338 e. The van der Waals surface area contributed by atoms with E-state index in [0.717, 1.165) is 19.3 Å². The van der Waals surface area contributed by atoms with E-state index in [0.29, 0.717) is 34.7 Å². The molecule has 2 bridgehead atoms. The van der Waals surface area contributed by atoms with E-state index in [9.17, 15) is 19.2 Å². The number of amides is 3. The third kappa shape index (κ3) is 4.42. The molecule has 0 spiro atoms. The van der Waals surface area contributed by atoms with Crippen LogP contribution in [-0.4, -0.2) is 30.3 Å². The van der Waals surface area contributed by atoms with E-state index in [-0.39, 0.29) is 29.2 Å². The highest BCUT2D eigenvalue weighted by atomic mass is 16.5. The van der Waals surface area contributed by atoms with Gasteiger partial charge in [-0.3, -0.25) is 19.3 Å². The minimum absolute atomic E-state index is 0.126. The Morgan fingerprint density at radius 3 is 2.03 bits per heavy atom. The van der Waals surface area contributed by atoms with Gasteiger partial charge in [0.15, 0.2) is 6.61 Å². The van der Waals surface area contributed by atoms with Gasteiger partial charge in [-0.1, -0.05) is 18.2 Å². The fourth-order valence-electron chi connectivity index (χ4n) is 6.05. The molecule has 2 aliphatic carbocycles. The van der Waals surface area contributed by atoms with Crippen molar-refractivity contribution in [2.45, 2.75) is 19.3 Å². The predicted molar refractivity (Wildman–Crippen MR) is 139 cm³/mol. The van der Waals surface area contributed by atoms with Crippen molar-refractivity contribution in [3.63, 3.8) is 0 Å². The van der Waals surface area contributed by atoms with Gasteiger partial charge in [0, 0.05) is 5.69 Å². The molecule has 0 radical (unpaired) electrons. The highest BCUT2D eigenvalue weighted by Gasteiger charge is 2.61. The summed E-state index contributed by atoms with van der Waals surface area (Å²) in [6.07, 6.45) is 3.02. The molecule has 1 saturated heterocycles. The molecule has 1 aliphatic heterocycles. The molecule has 6 rings (SSSR count). The first-order valence-electron chi connectivity index (χ1n) is 12.8. The third-order valence-corrected chi connectivity index (χ3v) is 7.74. The molecule has 3 aliphatic rings. The number of nitrogens with one attached hydrogen (secondary N) is 1. The lowest BCUT2D eigenvalue weighted by atomic mass is 9.81. The summed E-state index contributed by atoms with van der Waals surface area (Å²) in [5, 5.41) is 2.67. The number of benzene rings is 3. The van der Waals surface area contributed by atoms with Crippen molar-refractivity contribution in [2.24, 2.45) is 23.7 Å². The summed E-state index contributed by atoms with van der Waals surface area (Å²) in [6.45, 7) is -0.460. The van der Waals surface area contributed by atoms with E-state index in [1.165, 1.54) is 17.0 Å². The van der Waals surface area contributed by atoms with Crippen molar-refractivity contribution in [1.82, 2.24) is 0 Å². The molecule has 38 heavy (non-hydrogen) atoms. The Hall–Kier alpha value is -4.46. The Morgan fingerprint density at radius 2 is 1.39 bits per heavy atom. The summed E-state index contributed by atoms with van der Waals surface area (Å²) < 4.78 is 10.9. The molecule has 0 unspecified atom stereocenters. The fraction of sp³-hybridized carbons (Fsp3) is 0.267. The van der Waals surface area contributed by atoms with Gasteiger partial charge in [0.05, 0.1) is 23.1 Å². The molecule has 1 N–H and O–H groups in total. The van der Waals surface area contributed by atoms with Crippen LogP contribution < -0.4 is 15.0 Å². The molecular weight excluding hydrogens is 484 g/mol. The molecule has 3 aromatic carbocycles. The van der Waals surface area contributed by atoms with Crippen LogP contribution in [-0.2, 0) is 19.1 Å². The van der Waals surface area contributed by atoms with E-state index < -0.39 is 18.5 Å². The Kier molecular flexibility index (Phi) is 6.15. The highest BCUT2D eigenvalue weighted by molar-refractivity contribution is 6.22. The highest BCUT2D eigenvalue weighted by Crippen LogP contribution is 2.56. The van der Waals surface area contributed by atoms with Crippen LogP contribution in [0.3, 0.4) is 0 Å². The van der Waals surface area contributed by atoms with Gasteiger partial charge in [-0.25, -0.2) is 4.79 Å². The molecular formula is C30H26N2O6. The number of anilines is 2. The number of rotatable bonds is 7. The topological polar surface area (TPSA) is 102 Å². The quantitative estimate of drug-likeness (QED) is 0.362. The number of fused-ring (bicyclic) bond motifs is 5. The summed E-state index contributed by atoms with van der Waals surface area (Å²) in [5.41, 5.74) is 1.22. The second-order valence-electron chi connectivity index (χ2n) is 10.0. The van der Waals surface area contributed by atoms with Gasteiger partial charge < -0.3 is 14.8 Å². The van der Waals surface area contributed by atoms with Gasteiger partial charge in [-0.05, 0) is 91.8 Å². The normalized spacial score (nSPS) is 23.3. The van der Waals surface area contributed by atoms with Crippen LogP contribution in [0.5, 0.6) is 11.5 Å². The van der Waals surface area contributed by atoms with E-state index >= 15 is 0 Å². The number of carbonyl (C=O) groups is 4. The first-order chi connectivity index (χ1) is 18.5. The molecule has 0 aromatic heterocycles. The minimum atomic E-state index is -0.674. The number of hydrogen-bond acceptors (Lipinski definition) is 6. The summed E-state index contributed by atoms with van der Waals surface area (Å²) in [6, 6.07) is 22.3. The molecule has 3 aromatic rings. The molecule has 8 nitrogen and oxygen atoms in total. The Labute approximate surface area is 219 Å². The van der Waals surface area contributed by atoms with Crippen LogP contribution >= 0.6 is 0 Å². The lowest BCUT2D eigenvalue weighted by molar-refractivity contribution is -0.123. The third-order valence-electron chi connectivity index (χ3n) is 7.74. The first kappa shape index (κ1) is 23.9. The van der Waals surface area contributed by atoms with Crippen molar-refractivity contribution in [3.05, 3.63) is 84.4 Å². The van der Waals surface area contributed by atoms with E-state index in [2.05, 4.69) is 5.32 Å². The number of ether oxygens (including phenoxy) is 2. The van der Waals surface area contributed by atoms with Gasteiger partial charge >= 0.3 is 5.97 Å². The zero-order valence-corrected chi connectivity index (χ0v) is 20.5. The average Bonchev–Trinajstić information content (AvgIpc) is 3.63. The summed E-state index contributed by atoms with van der Waals surface area (Å²) >= 11 is 0. The van der Waals surface area contributed by atoms with E-state index in [1.54, 1.807) is 36.4 Å². The Balaban J connectivity index is 1.01. The van der Waals surface area contributed by atoms with Crippen molar-refractivity contribution in [1.29, 1.82) is 0 Å². The predicted octanol–water partition coefficient (Wildman–Crippen LogP) is 4.81. The maximum atomic E-state index is 13.0. The SMILES string of the molecule is O=C(COC(=O)c1ccc(N2C(=O)[C@@H]3[C@H]4CC[C@@H](C4)[C@H]3C2=O)cc1)Nc1ccc(Oc2ccccc2)cc1. The van der Waals surface area contributed by atoms with Crippen LogP contribution in [0.15, 0.2) is 78.9 Å². The van der Waals surface area contributed by atoms with Crippen molar-refractivity contribution in [2.75, 3.05) is 16.8 Å². The molecule has 192 valence electrons. The second-order valence-corrected chi connectivity index (χ2v) is 10.0.